The van der Waals surface area contributed by atoms with Crippen molar-refractivity contribution in [3.8, 4) is 0 Å². The Hall–Kier alpha value is -1.06. The topological polar surface area (TPSA) is 63.6 Å². The van der Waals surface area contributed by atoms with Crippen LogP contribution in [0.25, 0.3) is 0 Å². The summed E-state index contributed by atoms with van der Waals surface area (Å²) in [6.07, 6.45) is 24.0. The highest BCUT2D eigenvalue weighted by Gasteiger charge is 2.31. The molecule has 4 heteroatoms. The second kappa shape index (κ2) is 18.7. The van der Waals surface area contributed by atoms with Crippen molar-refractivity contribution in [1.29, 1.82) is 0 Å². The smallest absolute Gasteiger partial charge is 0.308 e. The normalized spacial score (nSPS) is 19.0. The molecular formula is C26H48O4. The predicted molar refractivity (Wildman–Crippen MR) is 124 cm³/mol. The summed E-state index contributed by atoms with van der Waals surface area (Å²) >= 11 is 0. The van der Waals surface area contributed by atoms with Crippen LogP contribution in [0, 0.1) is 11.8 Å². The van der Waals surface area contributed by atoms with Crippen molar-refractivity contribution in [2.75, 3.05) is 6.61 Å². The van der Waals surface area contributed by atoms with Crippen LogP contribution in [-0.2, 0) is 14.3 Å². The SMILES string of the molecule is CCCCCCCCCCCCCCCCCCOC(=O)C1CCCC(C(=O)O)C1. The molecule has 1 aliphatic carbocycles. The monoisotopic (exact) mass is 424 g/mol. The van der Waals surface area contributed by atoms with Crippen LogP contribution in [0.2, 0.25) is 0 Å². The maximum atomic E-state index is 12.1. The van der Waals surface area contributed by atoms with Gasteiger partial charge in [0.05, 0.1) is 18.4 Å². The van der Waals surface area contributed by atoms with E-state index in [4.69, 9.17) is 9.84 Å². The van der Waals surface area contributed by atoms with Crippen molar-refractivity contribution < 1.29 is 19.4 Å². The van der Waals surface area contributed by atoms with Crippen LogP contribution in [0.1, 0.15) is 135 Å². The minimum Gasteiger partial charge on any atom is -0.481 e. The fraction of sp³-hybridized carbons (Fsp3) is 0.923. The summed E-state index contributed by atoms with van der Waals surface area (Å²) < 4.78 is 5.40. The Balaban J connectivity index is 1.81. The van der Waals surface area contributed by atoms with E-state index in [2.05, 4.69) is 6.92 Å². The van der Waals surface area contributed by atoms with Gasteiger partial charge >= 0.3 is 11.9 Å². The van der Waals surface area contributed by atoms with E-state index in [0.717, 1.165) is 25.7 Å². The Morgan fingerprint density at radius 2 is 1.13 bits per heavy atom. The minimum atomic E-state index is -0.773. The standard InChI is InChI=1S/C26H48O4/c1-2-3-4-5-6-7-8-9-10-11-12-13-14-15-16-17-21-30-26(29)24-20-18-19-23(22-24)25(27)28/h23-24H,2-22H2,1H3,(H,27,28). The first-order valence-corrected chi connectivity index (χ1v) is 13.0. The van der Waals surface area contributed by atoms with Crippen LogP contribution in [0.15, 0.2) is 0 Å². The van der Waals surface area contributed by atoms with Gasteiger partial charge in [-0.2, -0.15) is 0 Å². The molecule has 1 fully saturated rings. The van der Waals surface area contributed by atoms with Gasteiger partial charge in [0.25, 0.3) is 0 Å². The van der Waals surface area contributed by atoms with Crippen molar-refractivity contribution in [3.05, 3.63) is 0 Å². The summed E-state index contributed by atoms with van der Waals surface area (Å²) in [5.74, 6) is -1.53. The third-order valence-electron chi connectivity index (χ3n) is 6.60. The zero-order valence-corrected chi connectivity index (χ0v) is 19.7. The molecular weight excluding hydrogens is 376 g/mol. The van der Waals surface area contributed by atoms with Crippen LogP contribution in [0.4, 0.5) is 0 Å². The number of hydrogen-bond donors (Lipinski definition) is 1. The first kappa shape index (κ1) is 27.0. The summed E-state index contributed by atoms with van der Waals surface area (Å²) in [5.41, 5.74) is 0. The maximum absolute atomic E-state index is 12.1. The molecule has 0 saturated heterocycles. The van der Waals surface area contributed by atoms with Crippen LogP contribution in [0.3, 0.4) is 0 Å². The Kier molecular flexibility index (Phi) is 16.8. The summed E-state index contributed by atoms with van der Waals surface area (Å²) in [6.45, 7) is 2.77. The van der Waals surface area contributed by atoms with E-state index in [1.165, 1.54) is 89.9 Å². The lowest BCUT2D eigenvalue weighted by molar-refractivity contribution is -0.152. The number of aliphatic carboxylic acids is 1. The fourth-order valence-electron chi connectivity index (χ4n) is 4.57. The van der Waals surface area contributed by atoms with Crippen molar-refractivity contribution >= 4 is 11.9 Å². The molecule has 0 aliphatic heterocycles. The number of carboxylic acids is 1. The Labute approximate surface area is 185 Å². The molecule has 1 aliphatic rings. The number of carbonyl (C=O) groups is 2. The predicted octanol–water partition coefficient (Wildman–Crippen LogP) is 7.68. The van der Waals surface area contributed by atoms with Crippen LogP contribution < -0.4 is 0 Å². The second-order valence-electron chi connectivity index (χ2n) is 9.37. The molecule has 176 valence electrons. The van der Waals surface area contributed by atoms with Gasteiger partial charge in [-0.3, -0.25) is 9.59 Å². The van der Waals surface area contributed by atoms with E-state index < -0.39 is 5.97 Å². The minimum absolute atomic E-state index is 0.179. The molecule has 1 N–H and O–H groups in total. The number of carbonyl (C=O) groups excluding carboxylic acids is 1. The molecule has 0 radical (unpaired) electrons. The number of ether oxygens (including phenoxy) is 1. The van der Waals surface area contributed by atoms with E-state index in [0.29, 0.717) is 19.4 Å². The van der Waals surface area contributed by atoms with Gasteiger partial charge in [-0.1, -0.05) is 110 Å². The number of carboxylic acid groups (broad SMARTS) is 1. The quantitative estimate of drug-likeness (QED) is 0.170. The third kappa shape index (κ3) is 14.0. The van der Waals surface area contributed by atoms with E-state index in [1.807, 2.05) is 0 Å². The molecule has 4 nitrogen and oxygen atoms in total. The molecule has 0 aromatic rings. The summed E-state index contributed by atoms with van der Waals surface area (Å²) in [7, 11) is 0. The molecule has 2 unspecified atom stereocenters. The molecule has 0 aromatic heterocycles. The maximum Gasteiger partial charge on any atom is 0.308 e. The van der Waals surface area contributed by atoms with Gasteiger partial charge in [0.1, 0.15) is 0 Å². The Bertz CT molecular complexity index is 435. The lowest BCUT2D eigenvalue weighted by Gasteiger charge is -2.25. The van der Waals surface area contributed by atoms with E-state index in [1.54, 1.807) is 0 Å². The number of unbranched alkanes of at least 4 members (excludes halogenated alkanes) is 15. The van der Waals surface area contributed by atoms with Gasteiger partial charge < -0.3 is 9.84 Å². The van der Waals surface area contributed by atoms with Crippen molar-refractivity contribution in [3.63, 3.8) is 0 Å². The van der Waals surface area contributed by atoms with Gasteiger partial charge in [-0.15, -0.1) is 0 Å². The lowest BCUT2D eigenvalue weighted by Crippen LogP contribution is -2.28. The average molecular weight is 425 g/mol. The Morgan fingerprint density at radius 3 is 1.60 bits per heavy atom. The second-order valence-corrected chi connectivity index (χ2v) is 9.37. The summed E-state index contributed by atoms with van der Waals surface area (Å²) in [5, 5.41) is 9.12. The van der Waals surface area contributed by atoms with Gasteiger partial charge in [-0.05, 0) is 25.7 Å². The van der Waals surface area contributed by atoms with Gasteiger partial charge in [-0.25, -0.2) is 0 Å². The van der Waals surface area contributed by atoms with Crippen LogP contribution in [0.5, 0.6) is 0 Å². The van der Waals surface area contributed by atoms with E-state index in [9.17, 15) is 9.59 Å². The molecule has 1 saturated carbocycles. The molecule has 0 heterocycles. The number of hydrogen-bond acceptors (Lipinski definition) is 3. The summed E-state index contributed by atoms with van der Waals surface area (Å²) in [6, 6.07) is 0. The molecule has 0 aromatic carbocycles. The number of rotatable bonds is 19. The van der Waals surface area contributed by atoms with Crippen molar-refractivity contribution in [2.45, 2.75) is 135 Å². The zero-order valence-electron chi connectivity index (χ0n) is 19.7. The lowest BCUT2D eigenvalue weighted by atomic mass is 9.81. The molecule has 1 rings (SSSR count). The molecule has 0 bridgehead atoms. The van der Waals surface area contributed by atoms with E-state index >= 15 is 0 Å². The molecule has 2 atom stereocenters. The largest absolute Gasteiger partial charge is 0.481 e. The zero-order chi connectivity index (χ0) is 21.9. The third-order valence-corrected chi connectivity index (χ3v) is 6.60. The first-order chi connectivity index (χ1) is 14.6. The van der Waals surface area contributed by atoms with Gasteiger partial charge in [0.15, 0.2) is 0 Å². The van der Waals surface area contributed by atoms with Crippen LogP contribution >= 0.6 is 0 Å². The highest BCUT2D eigenvalue weighted by Crippen LogP contribution is 2.30. The van der Waals surface area contributed by atoms with Crippen LogP contribution in [-0.4, -0.2) is 23.7 Å². The van der Waals surface area contributed by atoms with Crippen molar-refractivity contribution in [1.82, 2.24) is 0 Å². The number of esters is 1. The molecule has 0 spiro atoms. The summed E-state index contributed by atoms with van der Waals surface area (Å²) in [4.78, 5) is 23.2. The van der Waals surface area contributed by atoms with Gasteiger partial charge in [0, 0.05) is 0 Å². The van der Waals surface area contributed by atoms with Gasteiger partial charge in [0.2, 0.25) is 0 Å². The highest BCUT2D eigenvalue weighted by atomic mass is 16.5. The molecule has 30 heavy (non-hydrogen) atoms. The Morgan fingerprint density at radius 1 is 0.700 bits per heavy atom. The molecule has 0 amide bonds. The van der Waals surface area contributed by atoms with Crippen molar-refractivity contribution in [2.24, 2.45) is 11.8 Å². The highest BCUT2D eigenvalue weighted by molar-refractivity contribution is 5.75. The average Bonchev–Trinajstić information content (AvgIpc) is 2.75. The fourth-order valence-corrected chi connectivity index (χ4v) is 4.57. The first-order valence-electron chi connectivity index (χ1n) is 13.0. The van der Waals surface area contributed by atoms with E-state index in [-0.39, 0.29) is 17.8 Å².